The van der Waals surface area contributed by atoms with Gasteiger partial charge in [-0.05, 0) is 62.1 Å². The van der Waals surface area contributed by atoms with Crippen molar-refractivity contribution in [2.45, 2.75) is 59.2 Å². The molecule has 206 valence electrons. The lowest BCUT2D eigenvalue weighted by molar-refractivity contribution is 0.404. The number of piperazine rings is 1. The number of pyridine rings is 1. The van der Waals surface area contributed by atoms with Crippen LogP contribution in [0, 0.1) is 17.7 Å². The van der Waals surface area contributed by atoms with E-state index in [9.17, 15) is 4.79 Å². The van der Waals surface area contributed by atoms with Gasteiger partial charge in [-0.3, -0.25) is 9.36 Å². The summed E-state index contributed by atoms with van der Waals surface area (Å²) in [6.07, 6.45) is 1.66. The van der Waals surface area contributed by atoms with Crippen molar-refractivity contribution >= 4 is 28.4 Å². The molecule has 7 nitrogen and oxygen atoms in total. The summed E-state index contributed by atoms with van der Waals surface area (Å²) in [4.78, 5) is 24.6. The van der Waals surface area contributed by atoms with Crippen molar-refractivity contribution in [3.05, 3.63) is 87.6 Å². The monoisotopic (exact) mass is 538 g/mol. The van der Waals surface area contributed by atoms with E-state index in [2.05, 4.69) is 77.2 Å². The molecule has 1 saturated heterocycles. The lowest BCUT2D eigenvalue weighted by Crippen LogP contribution is -2.54. The summed E-state index contributed by atoms with van der Waals surface area (Å²) in [5.74, 6) is 6.13. The molecule has 1 aliphatic rings. The lowest BCUT2D eigenvalue weighted by Gasteiger charge is -2.37. The average molecular weight is 539 g/mol. The summed E-state index contributed by atoms with van der Waals surface area (Å²) in [5.41, 5.74) is 3.99. The van der Waals surface area contributed by atoms with Gasteiger partial charge in [0.15, 0.2) is 0 Å². The first-order valence-electron chi connectivity index (χ1n) is 13.7. The molecule has 0 unspecified atom stereocenters. The highest BCUT2D eigenvalue weighted by atomic mass is 19.1. The molecule has 2 atom stereocenters. The normalized spacial score (nSPS) is 17.1. The van der Waals surface area contributed by atoms with Crippen LogP contribution in [-0.4, -0.2) is 39.7 Å². The molecule has 2 aromatic heterocycles. The molecule has 4 aromatic rings. The number of benzene rings is 2. The Morgan fingerprint density at radius 1 is 1.10 bits per heavy atom. The first-order valence-corrected chi connectivity index (χ1v) is 13.7. The fourth-order valence-electron chi connectivity index (χ4n) is 5.27. The zero-order valence-corrected chi connectivity index (χ0v) is 23.6. The highest BCUT2D eigenvalue weighted by Gasteiger charge is 2.23. The third-order valence-electron chi connectivity index (χ3n) is 7.18. The van der Waals surface area contributed by atoms with Crippen LogP contribution in [0.25, 0.3) is 11.0 Å². The molecule has 0 aliphatic carbocycles. The molecule has 40 heavy (non-hydrogen) atoms. The Morgan fingerprint density at radius 2 is 1.82 bits per heavy atom. The van der Waals surface area contributed by atoms with Crippen LogP contribution in [-0.2, 0) is 6.54 Å². The van der Waals surface area contributed by atoms with Crippen molar-refractivity contribution in [2.75, 3.05) is 23.3 Å². The molecule has 1 aliphatic heterocycles. The summed E-state index contributed by atoms with van der Waals surface area (Å²) < 4.78 is 16.8. The molecule has 0 bridgehead atoms. The Balaban J connectivity index is 1.47. The van der Waals surface area contributed by atoms with Crippen LogP contribution in [0.4, 0.5) is 21.7 Å². The maximum atomic E-state index is 15.2. The molecular weight excluding hydrogens is 503 g/mol. The molecule has 5 rings (SSSR count). The van der Waals surface area contributed by atoms with Crippen LogP contribution >= 0.6 is 0 Å². The molecule has 8 heteroatoms. The van der Waals surface area contributed by atoms with E-state index in [0.717, 1.165) is 18.7 Å². The maximum Gasteiger partial charge on any atom is 0.268 e. The zero-order valence-electron chi connectivity index (χ0n) is 23.6. The second-order valence-corrected chi connectivity index (χ2v) is 10.9. The van der Waals surface area contributed by atoms with Gasteiger partial charge in [0.1, 0.15) is 11.5 Å². The van der Waals surface area contributed by atoms with Crippen LogP contribution in [0.5, 0.6) is 0 Å². The number of halogens is 1. The number of hydrogen-bond acceptors (Lipinski definition) is 6. The van der Waals surface area contributed by atoms with E-state index in [1.165, 1.54) is 11.6 Å². The van der Waals surface area contributed by atoms with E-state index >= 15 is 4.39 Å². The van der Waals surface area contributed by atoms with E-state index in [0.29, 0.717) is 40.4 Å². The Hall–Kier alpha value is -4.22. The molecule has 0 spiro atoms. The summed E-state index contributed by atoms with van der Waals surface area (Å²) in [6, 6.07) is 15.6. The van der Waals surface area contributed by atoms with E-state index in [-0.39, 0.29) is 29.4 Å². The van der Waals surface area contributed by atoms with Crippen molar-refractivity contribution in [2.24, 2.45) is 0 Å². The summed E-state index contributed by atoms with van der Waals surface area (Å²) in [5, 5.41) is 7.29. The summed E-state index contributed by atoms with van der Waals surface area (Å²) in [6.45, 7) is 12.0. The van der Waals surface area contributed by atoms with Crippen LogP contribution in [0.3, 0.4) is 0 Å². The van der Waals surface area contributed by atoms with Crippen molar-refractivity contribution in [3.63, 3.8) is 0 Å². The van der Waals surface area contributed by atoms with Gasteiger partial charge in [0.05, 0.1) is 17.8 Å². The molecule has 0 amide bonds. The average Bonchev–Trinajstić information content (AvgIpc) is 2.91. The standard InChI is InChI=1S/C32H35FN6O/c1-6-7-25-14-26-16-34-32(36-27-12-13-29(28(33)15-27)38-17-21(4)35-22(5)18-38)37-30(26)39(31(25)40)19-23-8-10-24(11-9-23)20(2)3/h8-16,20-22,35H,17-19H2,1-5H3,(H,34,36,37)/t21-,22+. The number of aromatic nitrogens is 3. The SMILES string of the molecule is CC#Cc1cc2cnc(Nc3ccc(N4C[C@@H](C)N[C@@H](C)C4)c(F)c3)nc2n(Cc2ccc(C(C)C)cc2)c1=O. The van der Waals surface area contributed by atoms with Gasteiger partial charge < -0.3 is 15.5 Å². The van der Waals surface area contributed by atoms with Crippen LogP contribution in [0.2, 0.25) is 0 Å². The molecule has 2 aromatic carbocycles. The van der Waals surface area contributed by atoms with Crippen molar-refractivity contribution in [1.82, 2.24) is 19.9 Å². The molecule has 3 heterocycles. The topological polar surface area (TPSA) is 75.1 Å². The number of anilines is 3. The van der Waals surface area contributed by atoms with Crippen LogP contribution < -0.4 is 21.1 Å². The number of nitrogens with zero attached hydrogens (tertiary/aromatic N) is 4. The van der Waals surface area contributed by atoms with Gasteiger partial charge >= 0.3 is 0 Å². The minimum Gasteiger partial charge on any atom is -0.366 e. The van der Waals surface area contributed by atoms with Gasteiger partial charge in [0.2, 0.25) is 5.95 Å². The van der Waals surface area contributed by atoms with Gasteiger partial charge in [-0.2, -0.15) is 4.98 Å². The van der Waals surface area contributed by atoms with Gasteiger partial charge in [-0.15, -0.1) is 5.92 Å². The molecule has 2 N–H and O–H groups in total. The van der Waals surface area contributed by atoms with Crippen LogP contribution in [0.1, 0.15) is 57.2 Å². The maximum absolute atomic E-state index is 15.2. The minimum absolute atomic E-state index is 0.214. The van der Waals surface area contributed by atoms with Crippen molar-refractivity contribution in [1.29, 1.82) is 0 Å². The Morgan fingerprint density at radius 3 is 2.48 bits per heavy atom. The minimum atomic E-state index is -0.309. The predicted octanol–water partition coefficient (Wildman–Crippen LogP) is 5.40. The number of hydrogen-bond donors (Lipinski definition) is 2. The third-order valence-corrected chi connectivity index (χ3v) is 7.18. The van der Waals surface area contributed by atoms with E-state index < -0.39 is 0 Å². The Labute approximate surface area is 234 Å². The fourth-order valence-corrected chi connectivity index (χ4v) is 5.27. The third kappa shape index (κ3) is 5.85. The molecule has 0 radical (unpaired) electrons. The van der Waals surface area contributed by atoms with Crippen molar-refractivity contribution < 1.29 is 4.39 Å². The first-order chi connectivity index (χ1) is 19.2. The van der Waals surface area contributed by atoms with E-state index in [1.54, 1.807) is 29.8 Å². The van der Waals surface area contributed by atoms with Gasteiger partial charge in [-0.1, -0.05) is 44.0 Å². The second kappa shape index (κ2) is 11.5. The summed E-state index contributed by atoms with van der Waals surface area (Å²) >= 11 is 0. The highest BCUT2D eigenvalue weighted by Crippen LogP contribution is 2.26. The number of rotatable bonds is 6. The van der Waals surface area contributed by atoms with Gasteiger partial charge in [0.25, 0.3) is 5.56 Å². The Kier molecular flexibility index (Phi) is 7.85. The van der Waals surface area contributed by atoms with Gasteiger partial charge in [0, 0.05) is 42.4 Å². The smallest absolute Gasteiger partial charge is 0.268 e. The molecular formula is C32H35FN6O. The summed E-state index contributed by atoms with van der Waals surface area (Å²) in [7, 11) is 0. The Bertz CT molecular complexity index is 1640. The molecule has 0 saturated carbocycles. The van der Waals surface area contributed by atoms with Crippen LogP contribution in [0.15, 0.2) is 59.5 Å². The quantitative estimate of drug-likeness (QED) is 0.320. The lowest BCUT2D eigenvalue weighted by atomic mass is 10.0. The zero-order chi connectivity index (χ0) is 28.4. The number of nitrogens with one attached hydrogen (secondary N) is 2. The fraction of sp³-hybridized carbons (Fsp3) is 0.344. The first kappa shape index (κ1) is 27.4. The van der Waals surface area contributed by atoms with E-state index in [1.807, 2.05) is 18.2 Å². The van der Waals surface area contributed by atoms with Crippen molar-refractivity contribution in [3.8, 4) is 11.8 Å². The largest absolute Gasteiger partial charge is 0.366 e. The molecule has 1 fully saturated rings. The second-order valence-electron chi connectivity index (χ2n) is 10.9. The predicted molar refractivity (Wildman–Crippen MR) is 160 cm³/mol. The van der Waals surface area contributed by atoms with E-state index in [4.69, 9.17) is 0 Å². The van der Waals surface area contributed by atoms with Gasteiger partial charge in [-0.25, -0.2) is 9.37 Å². The highest BCUT2D eigenvalue weighted by molar-refractivity contribution is 5.77. The number of fused-ring (bicyclic) bond motifs is 1.